The molecule has 0 aliphatic carbocycles. The number of carbonyl (C=O) groups is 1. The minimum atomic E-state index is -0.00564. The van der Waals surface area contributed by atoms with Crippen LogP contribution in [0.5, 0.6) is 0 Å². The summed E-state index contributed by atoms with van der Waals surface area (Å²) < 4.78 is 0. The minimum Gasteiger partial charge on any atom is -0.383 e. The maximum absolute atomic E-state index is 11.9. The highest BCUT2D eigenvalue weighted by molar-refractivity contribution is 6.35. The van der Waals surface area contributed by atoms with Gasteiger partial charge >= 0.3 is 0 Å². The molecule has 116 valence electrons. The average molecular weight is 337 g/mol. The van der Waals surface area contributed by atoms with Crippen LogP contribution in [0.25, 0.3) is 0 Å². The van der Waals surface area contributed by atoms with Crippen molar-refractivity contribution in [2.24, 2.45) is 0 Å². The molecule has 0 unspecified atom stereocenters. The van der Waals surface area contributed by atoms with Crippen molar-refractivity contribution in [2.45, 2.75) is 19.9 Å². The summed E-state index contributed by atoms with van der Waals surface area (Å²) >= 11 is 12.0. The molecule has 5 heteroatoms. The topological polar surface area (TPSA) is 41.1 Å². The van der Waals surface area contributed by atoms with Crippen molar-refractivity contribution in [2.75, 3.05) is 11.9 Å². The first kappa shape index (κ1) is 16.7. The molecule has 2 aromatic rings. The lowest BCUT2D eigenvalue weighted by atomic mass is 10.1. The van der Waals surface area contributed by atoms with E-state index in [0.717, 1.165) is 11.3 Å². The van der Waals surface area contributed by atoms with E-state index in [4.69, 9.17) is 23.2 Å². The Balaban J connectivity index is 1.76. The zero-order valence-electron chi connectivity index (χ0n) is 12.3. The van der Waals surface area contributed by atoms with Crippen molar-refractivity contribution in [1.29, 1.82) is 0 Å². The Morgan fingerprint density at radius 1 is 1.14 bits per heavy atom. The predicted octanol–water partition coefficient (Wildman–Crippen LogP) is 4.42. The highest BCUT2D eigenvalue weighted by Crippen LogP contribution is 2.25. The summed E-state index contributed by atoms with van der Waals surface area (Å²) in [5, 5.41) is 7.23. The van der Waals surface area contributed by atoms with Gasteiger partial charge in [-0.15, -0.1) is 0 Å². The number of benzene rings is 2. The van der Waals surface area contributed by atoms with E-state index in [1.165, 1.54) is 5.56 Å². The summed E-state index contributed by atoms with van der Waals surface area (Å²) in [6, 6.07) is 13.2. The van der Waals surface area contributed by atoms with Crippen LogP contribution < -0.4 is 10.6 Å². The molecule has 0 radical (unpaired) electrons. The molecule has 22 heavy (non-hydrogen) atoms. The third kappa shape index (κ3) is 4.93. The maximum Gasteiger partial charge on any atom is 0.222 e. The van der Waals surface area contributed by atoms with Crippen molar-refractivity contribution >= 4 is 34.8 Å². The number of halogens is 2. The van der Waals surface area contributed by atoms with Gasteiger partial charge in [0.15, 0.2) is 0 Å². The number of hydrogen-bond acceptors (Lipinski definition) is 2. The van der Waals surface area contributed by atoms with Crippen LogP contribution in [-0.2, 0) is 11.3 Å². The van der Waals surface area contributed by atoms with E-state index in [0.29, 0.717) is 29.6 Å². The van der Waals surface area contributed by atoms with E-state index in [9.17, 15) is 4.79 Å². The number of nitrogens with one attached hydrogen (secondary N) is 2. The molecule has 0 saturated heterocycles. The molecule has 2 N–H and O–H groups in total. The number of anilines is 1. The van der Waals surface area contributed by atoms with Crippen molar-refractivity contribution in [3.05, 3.63) is 63.6 Å². The summed E-state index contributed by atoms with van der Waals surface area (Å²) in [7, 11) is 0. The van der Waals surface area contributed by atoms with E-state index in [-0.39, 0.29) is 5.91 Å². The summed E-state index contributed by atoms with van der Waals surface area (Å²) in [5.74, 6) is -0.00564. The van der Waals surface area contributed by atoms with Crippen LogP contribution in [0.3, 0.4) is 0 Å². The SMILES string of the molecule is Cc1ccccc1CNC(=O)CCNc1cc(Cl)ccc1Cl. The summed E-state index contributed by atoms with van der Waals surface area (Å²) in [6.45, 7) is 3.08. The first-order valence-corrected chi connectivity index (χ1v) is 7.82. The van der Waals surface area contributed by atoms with E-state index in [1.807, 2.05) is 31.2 Å². The van der Waals surface area contributed by atoms with E-state index in [1.54, 1.807) is 18.2 Å². The number of amides is 1. The van der Waals surface area contributed by atoms with Gasteiger partial charge in [0.05, 0.1) is 10.7 Å². The number of rotatable bonds is 6. The standard InChI is InChI=1S/C17H18Cl2N2O/c1-12-4-2-3-5-13(12)11-21-17(22)8-9-20-16-10-14(18)6-7-15(16)19/h2-7,10,20H,8-9,11H2,1H3,(H,21,22). The Morgan fingerprint density at radius 2 is 1.91 bits per heavy atom. The molecule has 0 fully saturated rings. The van der Waals surface area contributed by atoms with E-state index < -0.39 is 0 Å². The Bertz CT molecular complexity index is 659. The molecule has 3 nitrogen and oxygen atoms in total. The lowest BCUT2D eigenvalue weighted by Gasteiger charge is -2.10. The second-order valence-corrected chi connectivity index (χ2v) is 5.85. The van der Waals surface area contributed by atoms with E-state index in [2.05, 4.69) is 10.6 Å². The van der Waals surface area contributed by atoms with Gasteiger partial charge < -0.3 is 10.6 Å². The van der Waals surface area contributed by atoms with Crippen molar-refractivity contribution in [3.63, 3.8) is 0 Å². The van der Waals surface area contributed by atoms with Gasteiger partial charge in [-0.2, -0.15) is 0 Å². The van der Waals surface area contributed by atoms with Crippen LogP contribution in [0.2, 0.25) is 10.0 Å². The van der Waals surface area contributed by atoms with Gasteiger partial charge in [0, 0.05) is 24.5 Å². The van der Waals surface area contributed by atoms with Gasteiger partial charge in [0.2, 0.25) is 5.91 Å². The molecule has 0 spiro atoms. The predicted molar refractivity (Wildman–Crippen MR) is 92.6 cm³/mol. The van der Waals surface area contributed by atoms with Gasteiger partial charge in [-0.1, -0.05) is 47.5 Å². The lowest BCUT2D eigenvalue weighted by Crippen LogP contribution is -2.25. The molecule has 2 rings (SSSR count). The first-order chi connectivity index (χ1) is 10.6. The summed E-state index contributed by atoms with van der Waals surface area (Å²) in [5.41, 5.74) is 3.04. The zero-order chi connectivity index (χ0) is 15.9. The van der Waals surface area contributed by atoms with Crippen LogP contribution in [0.4, 0.5) is 5.69 Å². The quantitative estimate of drug-likeness (QED) is 0.819. The highest BCUT2D eigenvalue weighted by Gasteiger charge is 2.04. The van der Waals surface area contributed by atoms with Crippen molar-refractivity contribution in [1.82, 2.24) is 5.32 Å². The summed E-state index contributed by atoms with van der Waals surface area (Å²) in [4.78, 5) is 11.9. The molecular formula is C17H18Cl2N2O. The maximum atomic E-state index is 11.9. The Morgan fingerprint density at radius 3 is 2.68 bits per heavy atom. The Hall–Kier alpha value is -1.71. The third-order valence-electron chi connectivity index (χ3n) is 3.33. The average Bonchev–Trinajstić information content (AvgIpc) is 2.50. The zero-order valence-corrected chi connectivity index (χ0v) is 13.8. The van der Waals surface area contributed by atoms with Crippen LogP contribution >= 0.6 is 23.2 Å². The molecular weight excluding hydrogens is 319 g/mol. The molecule has 0 aliphatic rings. The second-order valence-electron chi connectivity index (χ2n) is 5.00. The molecule has 0 bridgehead atoms. The molecule has 0 aromatic heterocycles. The smallest absolute Gasteiger partial charge is 0.222 e. The van der Waals surface area contributed by atoms with Crippen LogP contribution in [-0.4, -0.2) is 12.5 Å². The van der Waals surface area contributed by atoms with Gasteiger partial charge in [-0.3, -0.25) is 4.79 Å². The monoisotopic (exact) mass is 336 g/mol. The fourth-order valence-corrected chi connectivity index (χ4v) is 2.39. The summed E-state index contributed by atoms with van der Waals surface area (Å²) in [6.07, 6.45) is 0.370. The van der Waals surface area contributed by atoms with Crippen LogP contribution in [0.1, 0.15) is 17.5 Å². The molecule has 0 heterocycles. The van der Waals surface area contributed by atoms with Crippen molar-refractivity contribution < 1.29 is 4.79 Å². The number of aryl methyl sites for hydroxylation is 1. The molecule has 1 amide bonds. The van der Waals surface area contributed by atoms with Gasteiger partial charge in [-0.05, 0) is 36.2 Å². The van der Waals surface area contributed by atoms with Gasteiger partial charge in [0.1, 0.15) is 0 Å². The first-order valence-electron chi connectivity index (χ1n) is 7.06. The largest absolute Gasteiger partial charge is 0.383 e. The lowest BCUT2D eigenvalue weighted by molar-refractivity contribution is -0.121. The second kappa shape index (κ2) is 8.06. The minimum absolute atomic E-state index is 0.00564. The van der Waals surface area contributed by atoms with Gasteiger partial charge in [0.25, 0.3) is 0 Å². The third-order valence-corrected chi connectivity index (χ3v) is 3.90. The fraction of sp³-hybridized carbons (Fsp3) is 0.235. The van der Waals surface area contributed by atoms with Crippen molar-refractivity contribution in [3.8, 4) is 0 Å². The van der Waals surface area contributed by atoms with E-state index >= 15 is 0 Å². The molecule has 0 atom stereocenters. The molecule has 0 aliphatic heterocycles. The normalized spacial score (nSPS) is 10.3. The highest BCUT2D eigenvalue weighted by atomic mass is 35.5. The Labute approximate surface area is 140 Å². The number of carbonyl (C=O) groups excluding carboxylic acids is 1. The van der Waals surface area contributed by atoms with Gasteiger partial charge in [-0.25, -0.2) is 0 Å². The molecule has 0 saturated carbocycles. The fourth-order valence-electron chi connectivity index (χ4n) is 2.03. The number of hydrogen-bond donors (Lipinski definition) is 2. The Kier molecular flexibility index (Phi) is 6.10. The van der Waals surface area contributed by atoms with Crippen LogP contribution in [0.15, 0.2) is 42.5 Å². The van der Waals surface area contributed by atoms with Crippen LogP contribution in [0, 0.1) is 6.92 Å². The molecule has 2 aromatic carbocycles.